The SMILES string of the molecule is CC(=O)/C=C/c1ccc(/C=C/C(C)=O)cc1.Cc1ccc(OCOc2ccc(C)cc2)cc1. The summed E-state index contributed by atoms with van der Waals surface area (Å²) >= 11 is 0. The van der Waals surface area contributed by atoms with Crippen LogP contribution in [0.4, 0.5) is 0 Å². The lowest BCUT2D eigenvalue weighted by Crippen LogP contribution is -2.05. The van der Waals surface area contributed by atoms with Crippen molar-refractivity contribution in [2.75, 3.05) is 6.79 Å². The highest BCUT2D eigenvalue weighted by Gasteiger charge is 1.95. The van der Waals surface area contributed by atoms with E-state index in [2.05, 4.69) is 0 Å². The number of hydrogen-bond acceptors (Lipinski definition) is 4. The molecular weight excluding hydrogens is 412 g/mol. The zero-order valence-corrected chi connectivity index (χ0v) is 19.6. The molecule has 0 radical (unpaired) electrons. The summed E-state index contributed by atoms with van der Waals surface area (Å²) in [6.07, 6.45) is 6.59. The molecule has 0 unspecified atom stereocenters. The normalized spacial score (nSPS) is 10.5. The van der Waals surface area contributed by atoms with E-state index in [0.717, 1.165) is 22.6 Å². The Balaban J connectivity index is 0.000000234. The van der Waals surface area contributed by atoms with E-state index in [0.29, 0.717) is 0 Å². The van der Waals surface area contributed by atoms with Crippen LogP contribution in [0, 0.1) is 13.8 Å². The van der Waals surface area contributed by atoms with Gasteiger partial charge in [0.1, 0.15) is 11.5 Å². The van der Waals surface area contributed by atoms with Gasteiger partial charge in [-0.15, -0.1) is 0 Å². The molecule has 3 aromatic carbocycles. The zero-order valence-electron chi connectivity index (χ0n) is 19.6. The van der Waals surface area contributed by atoms with E-state index in [9.17, 15) is 9.59 Å². The summed E-state index contributed by atoms with van der Waals surface area (Å²) in [7, 11) is 0. The molecule has 0 fully saturated rings. The van der Waals surface area contributed by atoms with Crippen LogP contribution >= 0.6 is 0 Å². The summed E-state index contributed by atoms with van der Waals surface area (Å²) in [5.74, 6) is 1.70. The smallest absolute Gasteiger partial charge is 0.230 e. The van der Waals surface area contributed by atoms with Gasteiger partial charge in [-0.3, -0.25) is 9.59 Å². The molecule has 0 saturated carbocycles. The lowest BCUT2D eigenvalue weighted by molar-refractivity contribution is -0.113. The van der Waals surface area contributed by atoms with Crippen molar-refractivity contribution in [2.24, 2.45) is 0 Å². The van der Waals surface area contributed by atoms with E-state index in [1.54, 1.807) is 12.2 Å². The predicted octanol–water partition coefficient (Wildman–Crippen LogP) is 6.61. The van der Waals surface area contributed by atoms with Crippen LogP contribution in [-0.4, -0.2) is 18.4 Å². The van der Waals surface area contributed by atoms with Crippen molar-refractivity contribution in [2.45, 2.75) is 27.7 Å². The monoisotopic (exact) mass is 442 g/mol. The van der Waals surface area contributed by atoms with Gasteiger partial charge in [0.25, 0.3) is 0 Å². The highest BCUT2D eigenvalue weighted by molar-refractivity contribution is 5.92. The number of rotatable bonds is 8. The number of benzene rings is 3. The molecule has 170 valence electrons. The number of aryl methyl sites for hydroxylation is 2. The average Bonchev–Trinajstić information content (AvgIpc) is 2.80. The van der Waals surface area contributed by atoms with Crippen molar-refractivity contribution in [1.82, 2.24) is 0 Å². The van der Waals surface area contributed by atoms with Gasteiger partial charge in [-0.2, -0.15) is 0 Å². The Bertz CT molecular complexity index is 985. The molecule has 3 rings (SSSR count). The summed E-state index contributed by atoms with van der Waals surface area (Å²) < 4.78 is 10.9. The average molecular weight is 443 g/mol. The van der Waals surface area contributed by atoms with Crippen LogP contribution in [0.25, 0.3) is 12.2 Å². The van der Waals surface area contributed by atoms with Crippen LogP contribution in [0.5, 0.6) is 11.5 Å². The molecule has 33 heavy (non-hydrogen) atoms. The molecule has 0 aliphatic carbocycles. The fourth-order valence-corrected chi connectivity index (χ4v) is 2.58. The van der Waals surface area contributed by atoms with Crippen LogP contribution in [-0.2, 0) is 9.59 Å². The van der Waals surface area contributed by atoms with Crippen molar-refractivity contribution in [1.29, 1.82) is 0 Å². The summed E-state index contributed by atoms with van der Waals surface area (Å²) in [6, 6.07) is 23.4. The van der Waals surface area contributed by atoms with Crippen LogP contribution in [0.1, 0.15) is 36.1 Å². The molecule has 0 aliphatic heterocycles. The van der Waals surface area contributed by atoms with Crippen LogP contribution in [0.15, 0.2) is 84.9 Å². The van der Waals surface area contributed by atoms with Gasteiger partial charge >= 0.3 is 0 Å². The Kier molecular flexibility index (Phi) is 10.4. The standard InChI is InChI=1S/C15H16O2.C14H14O2/c1-12-3-7-14(8-4-12)16-11-17-15-9-5-13(2)6-10-15;1-11(15)3-5-13-7-9-14(10-8-13)6-4-12(2)16/h3-10H,11H2,1-2H3;3-10H,1-2H3/b;5-3+,6-4+. The third-order valence-corrected chi connectivity index (χ3v) is 4.45. The summed E-state index contributed by atoms with van der Waals surface area (Å²) in [6.45, 7) is 7.35. The molecule has 4 nitrogen and oxygen atoms in total. The quantitative estimate of drug-likeness (QED) is 0.291. The van der Waals surface area contributed by atoms with E-state index >= 15 is 0 Å². The maximum Gasteiger partial charge on any atom is 0.230 e. The Hall–Kier alpha value is -3.92. The minimum absolute atomic E-state index is 0.0283. The number of carbonyl (C=O) groups is 2. The first kappa shape index (κ1) is 25.3. The lowest BCUT2D eigenvalue weighted by Gasteiger charge is -2.08. The number of allylic oxidation sites excluding steroid dienone is 2. The van der Waals surface area contributed by atoms with Gasteiger partial charge in [-0.05, 0) is 75.2 Å². The van der Waals surface area contributed by atoms with Gasteiger partial charge in [0.15, 0.2) is 11.6 Å². The Morgan fingerprint density at radius 2 is 0.939 bits per heavy atom. The predicted molar refractivity (Wildman–Crippen MR) is 134 cm³/mol. The summed E-state index contributed by atoms with van der Waals surface area (Å²) in [5.41, 5.74) is 4.37. The fourth-order valence-electron chi connectivity index (χ4n) is 2.58. The number of ketones is 2. The van der Waals surface area contributed by atoms with Crippen LogP contribution in [0.3, 0.4) is 0 Å². The van der Waals surface area contributed by atoms with Gasteiger partial charge in [-0.25, -0.2) is 0 Å². The summed E-state index contributed by atoms with van der Waals surface area (Å²) in [4.78, 5) is 21.5. The molecular formula is C29H30O4. The molecule has 3 aromatic rings. The third-order valence-electron chi connectivity index (χ3n) is 4.45. The number of carbonyl (C=O) groups excluding carboxylic acids is 2. The second-order valence-electron chi connectivity index (χ2n) is 7.59. The Morgan fingerprint density at radius 1 is 0.606 bits per heavy atom. The molecule has 0 heterocycles. The van der Waals surface area contributed by atoms with Crippen molar-refractivity contribution in [3.63, 3.8) is 0 Å². The molecule has 0 aromatic heterocycles. The second kappa shape index (κ2) is 13.5. The van der Waals surface area contributed by atoms with Gasteiger partial charge in [-0.1, -0.05) is 71.8 Å². The van der Waals surface area contributed by atoms with E-state index < -0.39 is 0 Å². The van der Waals surface area contributed by atoms with Crippen molar-refractivity contribution >= 4 is 23.7 Å². The Labute approximate surface area is 196 Å². The maximum atomic E-state index is 10.7. The highest BCUT2D eigenvalue weighted by atomic mass is 16.7. The topological polar surface area (TPSA) is 52.6 Å². The van der Waals surface area contributed by atoms with Gasteiger partial charge < -0.3 is 9.47 Å². The number of ether oxygens (including phenoxy) is 2. The molecule has 0 saturated heterocycles. The number of hydrogen-bond donors (Lipinski definition) is 0. The molecule has 0 amide bonds. The first-order valence-electron chi connectivity index (χ1n) is 10.7. The third kappa shape index (κ3) is 10.8. The van der Waals surface area contributed by atoms with Gasteiger partial charge in [0, 0.05) is 0 Å². The first-order chi connectivity index (χ1) is 15.8. The second-order valence-corrected chi connectivity index (χ2v) is 7.59. The van der Waals surface area contributed by atoms with E-state index in [1.807, 2.05) is 86.6 Å². The summed E-state index contributed by atoms with van der Waals surface area (Å²) in [5, 5.41) is 0. The van der Waals surface area contributed by atoms with Crippen molar-refractivity contribution in [3.8, 4) is 11.5 Å². The van der Waals surface area contributed by atoms with Crippen molar-refractivity contribution in [3.05, 3.63) is 107 Å². The molecule has 0 atom stereocenters. The van der Waals surface area contributed by atoms with Gasteiger partial charge in [0.05, 0.1) is 0 Å². The van der Waals surface area contributed by atoms with E-state index in [-0.39, 0.29) is 18.4 Å². The van der Waals surface area contributed by atoms with E-state index in [1.165, 1.54) is 37.1 Å². The van der Waals surface area contributed by atoms with Gasteiger partial charge in [0.2, 0.25) is 6.79 Å². The minimum atomic E-state index is 0.0283. The first-order valence-corrected chi connectivity index (χ1v) is 10.7. The Morgan fingerprint density at radius 3 is 1.24 bits per heavy atom. The molecule has 4 heteroatoms. The lowest BCUT2D eigenvalue weighted by atomic mass is 10.1. The molecule has 0 N–H and O–H groups in total. The minimum Gasteiger partial charge on any atom is -0.458 e. The largest absolute Gasteiger partial charge is 0.458 e. The molecule has 0 spiro atoms. The maximum absolute atomic E-state index is 10.7. The zero-order chi connectivity index (χ0) is 24.1. The fraction of sp³-hybridized carbons (Fsp3) is 0.172. The van der Waals surface area contributed by atoms with Crippen LogP contribution in [0.2, 0.25) is 0 Å². The molecule has 0 bridgehead atoms. The highest BCUT2D eigenvalue weighted by Crippen LogP contribution is 2.14. The van der Waals surface area contributed by atoms with Crippen LogP contribution < -0.4 is 9.47 Å². The molecule has 0 aliphatic rings. The van der Waals surface area contributed by atoms with E-state index in [4.69, 9.17) is 9.47 Å². The van der Waals surface area contributed by atoms with Crippen molar-refractivity contribution < 1.29 is 19.1 Å².